The van der Waals surface area contributed by atoms with E-state index in [0.717, 1.165) is 46.1 Å². The van der Waals surface area contributed by atoms with Crippen molar-refractivity contribution in [2.75, 3.05) is 23.8 Å². The van der Waals surface area contributed by atoms with Gasteiger partial charge in [-0.25, -0.2) is 0 Å². The average molecular weight is 322 g/mol. The van der Waals surface area contributed by atoms with Crippen LogP contribution in [0.15, 0.2) is 28.9 Å². The van der Waals surface area contributed by atoms with Gasteiger partial charge < -0.3 is 15.7 Å². The first-order valence-corrected chi connectivity index (χ1v) is 7.21. The monoisotopic (exact) mass is 321 g/mol. The van der Waals surface area contributed by atoms with Crippen LogP contribution in [0.5, 0.6) is 0 Å². The van der Waals surface area contributed by atoms with Crippen LogP contribution in [0, 0.1) is 0 Å². The normalized spacial score (nSPS) is 19.3. The topological polar surface area (TPSA) is 62.4 Å². The highest BCUT2D eigenvalue weighted by Crippen LogP contribution is 2.34. The Morgan fingerprint density at radius 2 is 2.32 bits per heavy atom. The number of nitrogens with two attached hydrogens (primary N) is 1. The molecule has 0 radical (unpaired) electrons. The fraction of sp³-hybridized carbons (Fsp3) is 0.357. The molecule has 1 aromatic heterocycles. The van der Waals surface area contributed by atoms with Gasteiger partial charge in [-0.15, -0.1) is 0 Å². The van der Waals surface area contributed by atoms with Crippen molar-refractivity contribution in [1.82, 2.24) is 4.98 Å². The molecule has 0 spiro atoms. The Labute approximate surface area is 120 Å². The van der Waals surface area contributed by atoms with Gasteiger partial charge in [0.05, 0.1) is 23.9 Å². The number of aliphatic hydroxyl groups is 1. The predicted molar refractivity (Wildman–Crippen MR) is 81.3 cm³/mol. The lowest BCUT2D eigenvalue weighted by molar-refractivity contribution is 0.266. The van der Waals surface area contributed by atoms with E-state index in [9.17, 15) is 5.11 Å². The van der Waals surface area contributed by atoms with Crippen molar-refractivity contribution in [3.05, 3.63) is 28.9 Å². The highest BCUT2D eigenvalue weighted by Gasteiger charge is 2.25. The van der Waals surface area contributed by atoms with Gasteiger partial charge in [0, 0.05) is 28.3 Å². The van der Waals surface area contributed by atoms with E-state index in [1.165, 1.54) is 0 Å². The third-order valence-corrected chi connectivity index (χ3v) is 4.16. The second kappa shape index (κ2) is 4.98. The van der Waals surface area contributed by atoms with E-state index >= 15 is 0 Å². The molecule has 1 aromatic carbocycles. The van der Waals surface area contributed by atoms with E-state index in [4.69, 9.17) is 5.73 Å². The summed E-state index contributed by atoms with van der Waals surface area (Å²) in [5, 5.41) is 10.4. The molecule has 2 aromatic rings. The van der Waals surface area contributed by atoms with Crippen LogP contribution in [-0.2, 0) is 0 Å². The molecule has 3 rings (SSSR count). The lowest BCUT2D eigenvalue weighted by Gasteiger charge is -2.26. The van der Waals surface area contributed by atoms with Crippen LogP contribution in [0.4, 0.5) is 11.4 Å². The maximum absolute atomic E-state index is 9.47. The Morgan fingerprint density at radius 3 is 3.11 bits per heavy atom. The largest absolute Gasteiger partial charge is 0.398 e. The molecular weight excluding hydrogens is 306 g/mol. The SMILES string of the molecule is Nc1ccc(N2CCCC2CO)c2ncc(Br)cc12. The summed E-state index contributed by atoms with van der Waals surface area (Å²) >= 11 is 3.43. The van der Waals surface area contributed by atoms with Crippen molar-refractivity contribution in [2.45, 2.75) is 18.9 Å². The molecular formula is C14H16BrN3O. The lowest BCUT2D eigenvalue weighted by Crippen LogP contribution is -2.32. The minimum absolute atomic E-state index is 0.183. The zero-order chi connectivity index (χ0) is 13.4. The fourth-order valence-corrected chi connectivity index (χ4v) is 3.11. The number of nitrogen functional groups attached to an aromatic ring is 1. The molecule has 1 fully saturated rings. The van der Waals surface area contributed by atoms with E-state index in [-0.39, 0.29) is 12.6 Å². The van der Waals surface area contributed by atoms with Crippen molar-refractivity contribution in [3.8, 4) is 0 Å². The van der Waals surface area contributed by atoms with Crippen molar-refractivity contribution in [2.24, 2.45) is 0 Å². The summed E-state index contributed by atoms with van der Waals surface area (Å²) in [5.41, 5.74) is 8.73. The van der Waals surface area contributed by atoms with Crippen molar-refractivity contribution >= 4 is 38.2 Å². The highest BCUT2D eigenvalue weighted by molar-refractivity contribution is 9.10. The number of anilines is 2. The third-order valence-electron chi connectivity index (χ3n) is 3.73. The summed E-state index contributed by atoms with van der Waals surface area (Å²) < 4.78 is 0.920. The van der Waals surface area contributed by atoms with Gasteiger partial charge in [0.25, 0.3) is 0 Å². The van der Waals surface area contributed by atoms with Gasteiger partial charge >= 0.3 is 0 Å². The summed E-state index contributed by atoms with van der Waals surface area (Å²) in [6.07, 6.45) is 3.92. The van der Waals surface area contributed by atoms with E-state index in [1.807, 2.05) is 18.2 Å². The van der Waals surface area contributed by atoms with Crippen LogP contribution in [0.25, 0.3) is 10.9 Å². The Balaban J connectivity index is 2.16. The molecule has 2 heterocycles. The standard InChI is InChI=1S/C14H16BrN3O/c15-9-6-11-12(16)3-4-13(14(11)17-7-9)18-5-1-2-10(18)8-19/h3-4,6-7,10,19H,1-2,5,8,16H2. The summed E-state index contributed by atoms with van der Waals surface area (Å²) in [5.74, 6) is 0. The molecule has 4 nitrogen and oxygen atoms in total. The molecule has 0 aliphatic carbocycles. The van der Waals surface area contributed by atoms with E-state index in [1.54, 1.807) is 6.20 Å². The zero-order valence-corrected chi connectivity index (χ0v) is 12.1. The average Bonchev–Trinajstić information content (AvgIpc) is 2.88. The van der Waals surface area contributed by atoms with Gasteiger partial charge in [-0.2, -0.15) is 0 Å². The predicted octanol–water partition coefficient (Wildman–Crippen LogP) is 2.54. The van der Waals surface area contributed by atoms with Gasteiger partial charge in [-0.1, -0.05) is 0 Å². The van der Waals surface area contributed by atoms with E-state index in [2.05, 4.69) is 25.8 Å². The second-order valence-corrected chi connectivity index (χ2v) is 5.81. The number of aliphatic hydroxyl groups excluding tert-OH is 1. The summed E-state index contributed by atoms with van der Waals surface area (Å²) in [6.45, 7) is 1.14. The molecule has 0 saturated carbocycles. The number of nitrogens with zero attached hydrogens (tertiary/aromatic N) is 2. The maximum Gasteiger partial charge on any atom is 0.0956 e. The molecule has 1 aliphatic heterocycles. The Kier molecular flexibility index (Phi) is 3.33. The van der Waals surface area contributed by atoms with E-state index < -0.39 is 0 Å². The number of rotatable bonds is 2. The minimum Gasteiger partial charge on any atom is -0.398 e. The van der Waals surface area contributed by atoms with Gasteiger partial charge in [-0.3, -0.25) is 4.98 Å². The molecule has 3 N–H and O–H groups in total. The molecule has 5 heteroatoms. The zero-order valence-electron chi connectivity index (χ0n) is 10.5. The van der Waals surface area contributed by atoms with Crippen molar-refractivity contribution < 1.29 is 5.11 Å². The molecule has 1 unspecified atom stereocenters. The van der Waals surface area contributed by atoms with Gasteiger partial charge in [0.15, 0.2) is 0 Å². The van der Waals surface area contributed by atoms with Gasteiger partial charge in [0.1, 0.15) is 0 Å². The number of fused-ring (bicyclic) bond motifs is 1. The smallest absolute Gasteiger partial charge is 0.0956 e. The Morgan fingerprint density at radius 1 is 1.47 bits per heavy atom. The van der Waals surface area contributed by atoms with Crippen LogP contribution >= 0.6 is 15.9 Å². The van der Waals surface area contributed by atoms with Crippen LogP contribution in [0.1, 0.15) is 12.8 Å². The quantitative estimate of drug-likeness (QED) is 0.834. The van der Waals surface area contributed by atoms with Crippen molar-refractivity contribution in [3.63, 3.8) is 0 Å². The second-order valence-electron chi connectivity index (χ2n) is 4.90. The van der Waals surface area contributed by atoms with Crippen LogP contribution in [-0.4, -0.2) is 29.3 Å². The van der Waals surface area contributed by atoms with Crippen LogP contribution < -0.4 is 10.6 Å². The first kappa shape index (κ1) is 12.7. The Hall–Kier alpha value is -1.33. The molecule has 100 valence electrons. The van der Waals surface area contributed by atoms with Crippen LogP contribution in [0.2, 0.25) is 0 Å². The third kappa shape index (κ3) is 2.17. The molecule has 0 bridgehead atoms. The molecule has 1 aliphatic rings. The number of aromatic nitrogens is 1. The number of pyridine rings is 1. The van der Waals surface area contributed by atoms with E-state index in [0.29, 0.717) is 0 Å². The number of hydrogen-bond donors (Lipinski definition) is 2. The van der Waals surface area contributed by atoms with Crippen LogP contribution in [0.3, 0.4) is 0 Å². The lowest BCUT2D eigenvalue weighted by atomic mass is 10.1. The molecule has 0 amide bonds. The van der Waals surface area contributed by atoms with Crippen molar-refractivity contribution in [1.29, 1.82) is 0 Å². The van der Waals surface area contributed by atoms with Gasteiger partial charge in [0.2, 0.25) is 0 Å². The van der Waals surface area contributed by atoms with Gasteiger partial charge in [-0.05, 0) is 47.0 Å². The highest BCUT2D eigenvalue weighted by atomic mass is 79.9. The fourth-order valence-electron chi connectivity index (χ4n) is 2.78. The maximum atomic E-state index is 9.47. The minimum atomic E-state index is 0.183. The molecule has 1 saturated heterocycles. The Bertz CT molecular complexity index is 617. The molecule has 1 atom stereocenters. The number of hydrogen-bond acceptors (Lipinski definition) is 4. The number of benzene rings is 1. The molecule has 19 heavy (non-hydrogen) atoms. The number of halogens is 1. The first-order valence-electron chi connectivity index (χ1n) is 6.42. The summed E-state index contributed by atoms with van der Waals surface area (Å²) in [6, 6.07) is 6.10. The first-order chi connectivity index (χ1) is 9.20. The summed E-state index contributed by atoms with van der Waals surface area (Å²) in [7, 11) is 0. The summed E-state index contributed by atoms with van der Waals surface area (Å²) in [4.78, 5) is 6.74.